The largest absolute Gasteiger partial charge is 0.327 e. The molecule has 0 unspecified atom stereocenters. The van der Waals surface area contributed by atoms with Gasteiger partial charge in [-0.3, -0.25) is 4.98 Å². The normalized spacial score (nSPS) is 10.5. The number of aromatic nitrogens is 1. The summed E-state index contributed by atoms with van der Waals surface area (Å²) in [7, 11) is 0. The van der Waals surface area contributed by atoms with E-state index in [0.717, 1.165) is 5.69 Å². The topological polar surface area (TPSA) is 38.9 Å². The summed E-state index contributed by atoms with van der Waals surface area (Å²) in [6, 6.07) is 5.77. The van der Waals surface area contributed by atoms with Crippen molar-refractivity contribution in [3.8, 4) is 0 Å². The Morgan fingerprint density at radius 3 is 3.00 bits per heavy atom. The van der Waals surface area contributed by atoms with Crippen LogP contribution < -0.4 is 5.73 Å². The molecule has 2 heteroatoms. The highest BCUT2D eigenvalue weighted by atomic mass is 14.6. The van der Waals surface area contributed by atoms with Crippen molar-refractivity contribution in [3.63, 3.8) is 0 Å². The van der Waals surface area contributed by atoms with Gasteiger partial charge in [0.1, 0.15) is 0 Å². The molecule has 0 aromatic carbocycles. The summed E-state index contributed by atoms with van der Waals surface area (Å²) in [6.07, 6.45) is 5.54. The molecule has 1 rings (SSSR count). The third-order valence-corrected chi connectivity index (χ3v) is 1.11. The molecule has 2 N–H and O–H groups in total. The summed E-state index contributed by atoms with van der Waals surface area (Å²) in [5.41, 5.74) is 6.21. The zero-order valence-electron chi connectivity index (χ0n) is 5.70. The fourth-order valence-corrected chi connectivity index (χ4v) is 0.663. The van der Waals surface area contributed by atoms with Crippen molar-refractivity contribution in [1.82, 2.24) is 4.98 Å². The van der Waals surface area contributed by atoms with Crippen molar-refractivity contribution in [1.29, 1.82) is 0 Å². The Balaban J connectivity index is 2.67. The van der Waals surface area contributed by atoms with E-state index in [1.165, 1.54) is 0 Å². The Bertz CT molecular complexity index is 204. The van der Waals surface area contributed by atoms with Crippen LogP contribution in [0.5, 0.6) is 0 Å². The van der Waals surface area contributed by atoms with Gasteiger partial charge in [-0.25, -0.2) is 0 Å². The summed E-state index contributed by atoms with van der Waals surface area (Å²) >= 11 is 0. The van der Waals surface area contributed by atoms with Crippen molar-refractivity contribution < 1.29 is 0 Å². The lowest BCUT2D eigenvalue weighted by Gasteiger charge is -1.87. The standard InChI is InChI=1S/C8H10N2/c9-6-3-5-8-4-1-2-7-10-8/h1-5,7H,6,9H2. The van der Waals surface area contributed by atoms with E-state index >= 15 is 0 Å². The lowest BCUT2D eigenvalue weighted by Crippen LogP contribution is -1.92. The number of nitrogens with two attached hydrogens (primary N) is 1. The minimum atomic E-state index is 0.566. The zero-order chi connectivity index (χ0) is 7.23. The molecule has 0 fully saturated rings. The Morgan fingerprint density at radius 2 is 2.40 bits per heavy atom. The first-order valence-corrected chi connectivity index (χ1v) is 3.21. The highest BCUT2D eigenvalue weighted by molar-refractivity contribution is 5.43. The van der Waals surface area contributed by atoms with E-state index in [-0.39, 0.29) is 0 Å². The van der Waals surface area contributed by atoms with Gasteiger partial charge in [-0.05, 0) is 18.2 Å². The van der Waals surface area contributed by atoms with Crippen molar-refractivity contribution in [2.45, 2.75) is 0 Å². The molecule has 0 spiro atoms. The van der Waals surface area contributed by atoms with E-state index in [0.29, 0.717) is 6.54 Å². The van der Waals surface area contributed by atoms with Crippen molar-refractivity contribution in [2.24, 2.45) is 5.73 Å². The van der Waals surface area contributed by atoms with Gasteiger partial charge in [0.25, 0.3) is 0 Å². The lowest BCUT2D eigenvalue weighted by molar-refractivity contribution is 1.25. The first-order chi connectivity index (χ1) is 4.93. The van der Waals surface area contributed by atoms with Crippen LogP contribution in [-0.2, 0) is 0 Å². The number of rotatable bonds is 2. The number of hydrogen-bond donors (Lipinski definition) is 1. The molecule has 0 atom stereocenters. The predicted octanol–water partition coefficient (Wildman–Crippen LogP) is 1.05. The molecule has 1 aromatic heterocycles. The summed E-state index contributed by atoms with van der Waals surface area (Å²) in [5, 5.41) is 0. The quantitative estimate of drug-likeness (QED) is 0.656. The molecule has 1 aromatic rings. The van der Waals surface area contributed by atoms with Crippen LogP contribution in [0.25, 0.3) is 6.08 Å². The van der Waals surface area contributed by atoms with Crippen LogP contribution in [0.3, 0.4) is 0 Å². The predicted molar refractivity (Wildman–Crippen MR) is 42.3 cm³/mol. The third-order valence-electron chi connectivity index (χ3n) is 1.11. The van der Waals surface area contributed by atoms with E-state index in [1.807, 2.05) is 30.4 Å². The van der Waals surface area contributed by atoms with Gasteiger partial charge in [0.05, 0.1) is 5.69 Å². The number of pyridine rings is 1. The van der Waals surface area contributed by atoms with Crippen LogP contribution in [0.15, 0.2) is 30.5 Å². The molecule has 0 radical (unpaired) electrons. The Hall–Kier alpha value is -1.15. The molecule has 2 nitrogen and oxygen atoms in total. The average Bonchev–Trinajstić information content (AvgIpc) is 2.03. The van der Waals surface area contributed by atoms with Crippen LogP contribution in [0.1, 0.15) is 5.69 Å². The number of hydrogen-bond acceptors (Lipinski definition) is 2. The fourth-order valence-electron chi connectivity index (χ4n) is 0.663. The molecule has 0 amide bonds. The Kier molecular flexibility index (Phi) is 2.64. The van der Waals surface area contributed by atoms with Crippen LogP contribution in [0.4, 0.5) is 0 Å². The molecule has 0 aliphatic heterocycles. The van der Waals surface area contributed by atoms with Gasteiger partial charge in [-0.15, -0.1) is 0 Å². The highest BCUT2D eigenvalue weighted by Gasteiger charge is 1.80. The molecule has 0 bridgehead atoms. The lowest BCUT2D eigenvalue weighted by atomic mass is 10.3. The molecule has 1 heterocycles. The second-order valence-corrected chi connectivity index (χ2v) is 1.89. The summed E-state index contributed by atoms with van der Waals surface area (Å²) in [4.78, 5) is 4.07. The van der Waals surface area contributed by atoms with Crippen LogP contribution >= 0.6 is 0 Å². The molecule has 0 aliphatic rings. The Morgan fingerprint density at radius 1 is 1.50 bits per heavy atom. The maximum atomic E-state index is 5.26. The van der Waals surface area contributed by atoms with Crippen LogP contribution in [0.2, 0.25) is 0 Å². The van der Waals surface area contributed by atoms with Gasteiger partial charge in [0, 0.05) is 12.7 Å². The molecular formula is C8H10N2. The summed E-state index contributed by atoms with van der Waals surface area (Å²) < 4.78 is 0. The maximum Gasteiger partial charge on any atom is 0.0626 e. The van der Waals surface area contributed by atoms with E-state index in [9.17, 15) is 0 Å². The van der Waals surface area contributed by atoms with Crippen LogP contribution in [0, 0.1) is 0 Å². The minimum absolute atomic E-state index is 0.566. The SMILES string of the molecule is NCC=Cc1ccccn1. The third kappa shape index (κ3) is 1.99. The van der Waals surface area contributed by atoms with E-state index < -0.39 is 0 Å². The average molecular weight is 134 g/mol. The second-order valence-electron chi connectivity index (χ2n) is 1.89. The fraction of sp³-hybridized carbons (Fsp3) is 0.125. The van der Waals surface area contributed by atoms with Gasteiger partial charge in [-0.2, -0.15) is 0 Å². The summed E-state index contributed by atoms with van der Waals surface area (Å²) in [6.45, 7) is 0.566. The van der Waals surface area contributed by atoms with Crippen molar-refractivity contribution in [2.75, 3.05) is 6.54 Å². The molecule has 0 saturated carbocycles. The first-order valence-electron chi connectivity index (χ1n) is 3.21. The van der Waals surface area contributed by atoms with Gasteiger partial charge in [-0.1, -0.05) is 12.1 Å². The summed E-state index contributed by atoms with van der Waals surface area (Å²) in [5.74, 6) is 0. The smallest absolute Gasteiger partial charge is 0.0626 e. The van der Waals surface area contributed by atoms with Crippen LogP contribution in [-0.4, -0.2) is 11.5 Å². The molecule has 0 aliphatic carbocycles. The van der Waals surface area contributed by atoms with Crippen molar-refractivity contribution >= 4 is 6.08 Å². The molecular weight excluding hydrogens is 124 g/mol. The van der Waals surface area contributed by atoms with Gasteiger partial charge >= 0.3 is 0 Å². The molecule has 0 saturated heterocycles. The minimum Gasteiger partial charge on any atom is -0.327 e. The highest BCUT2D eigenvalue weighted by Crippen LogP contribution is 1.94. The second kappa shape index (κ2) is 3.80. The van der Waals surface area contributed by atoms with Gasteiger partial charge in [0.15, 0.2) is 0 Å². The van der Waals surface area contributed by atoms with Gasteiger partial charge < -0.3 is 5.73 Å². The van der Waals surface area contributed by atoms with E-state index in [4.69, 9.17) is 5.73 Å². The van der Waals surface area contributed by atoms with Crippen molar-refractivity contribution in [3.05, 3.63) is 36.2 Å². The van der Waals surface area contributed by atoms with Gasteiger partial charge in [0.2, 0.25) is 0 Å². The van der Waals surface area contributed by atoms with E-state index in [2.05, 4.69) is 4.98 Å². The zero-order valence-corrected chi connectivity index (χ0v) is 5.70. The Labute approximate surface area is 60.4 Å². The maximum absolute atomic E-state index is 5.26. The first kappa shape index (κ1) is 6.96. The monoisotopic (exact) mass is 134 g/mol. The number of nitrogens with zero attached hydrogens (tertiary/aromatic N) is 1. The van der Waals surface area contributed by atoms with E-state index in [1.54, 1.807) is 6.20 Å². The molecule has 10 heavy (non-hydrogen) atoms. The molecule has 52 valence electrons.